The molecule has 84 valence electrons. The van der Waals surface area contributed by atoms with E-state index >= 15 is 0 Å². The number of hydrogen-bond acceptors (Lipinski definition) is 3. The largest absolute Gasteiger partial charge is 0.496 e. The minimum Gasteiger partial charge on any atom is -0.496 e. The third-order valence-electron chi connectivity index (χ3n) is 2.14. The lowest BCUT2D eigenvalue weighted by molar-refractivity contribution is 0.251. The van der Waals surface area contributed by atoms with Gasteiger partial charge < -0.3 is 15.2 Å². The number of methoxy groups -OCH3 is 1. The molecule has 0 spiro atoms. The molecule has 0 fully saturated rings. The Bertz CT molecular complexity index is 317. The molecule has 2 N–H and O–H groups in total. The van der Waals surface area contributed by atoms with Crippen LogP contribution in [0.5, 0.6) is 5.75 Å². The van der Waals surface area contributed by atoms with Gasteiger partial charge in [0, 0.05) is 12.6 Å². The molecule has 1 rings (SSSR count). The summed E-state index contributed by atoms with van der Waals surface area (Å²) in [4.78, 5) is 0. The van der Waals surface area contributed by atoms with Gasteiger partial charge >= 0.3 is 0 Å². The van der Waals surface area contributed by atoms with Gasteiger partial charge in [0.05, 0.1) is 18.2 Å². The van der Waals surface area contributed by atoms with E-state index in [1.807, 2.05) is 25.1 Å². The van der Waals surface area contributed by atoms with E-state index in [-0.39, 0.29) is 12.6 Å². The zero-order chi connectivity index (χ0) is 11.3. The van der Waals surface area contributed by atoms with Gasteiger partial charge in [0.1, 0.15) is 5.75 Å². The Kier molecular flexibility index (Phi) is 5.08. The van der Waals surface area contributed by atoms with Crippen molar-refractivity contribution in [3.63, 3.8) is 0 Å². The standard InChI is InChI=1S/C11H16BrNO2/c1-8(7-14)13-6-9-3-4-11(15-2)10(12)5-9/h3-5,8,13-14H,6-7H2,1-2H3. The number of hydrogen-bond donors (Lipinski definition) is 2. The molecule has 0 aliphatic carbocycles. The molecule has 15 heavy (non-hydrogen) atoms. The fourth-order valence-corrected chi connectivity index (χ4v) is 1.76. The van der Waals surface area contributed by atoms with Crippen molar-refractivity contribution in [1.29, 1.82) is 0 Å². The van der Waals surface area contributed by atoms with Crippen LogP contribution in [0, 0.1) is 0 Å². The highest BCUT2D eigenvalue weighted by Crippen LogP contribution is 2.25. The molecule has 1 atom stereocenters. The van der Waals surface area contributed by atoms with Crippen LogP contribution in [0.15, 0.2) is 22.7 Å². The summed E-state index contributed by atoms with van der Waals surface area (Å²) in [7, 11) is 1.64. The Balaban J connectivity index is 2.59. The lowest BCUT2D eigenvalue weighted by atomic mass is 10.2. The Morgan fingerprint density at radius 2 is 2.27 bits per heavy atom. The highest BCUT2D eigenvalue weighted by atomic mass is 79.9. The zero-order valence-corrected chi connectivity index (χ0v) is 10.5. The average Bonchev–Trinajstić information content (AvgIpc) is 2.26. The molecule has 0 saturated heterocycles. The number of rotatable bonds is 5. The maximum Gasteiger partial charge on any atom is 0.133 e. The van der Waals surface area contributed by atoms with Crippen molar-refractivity contribution in [3.05, 3.63) is 28.2 Å². The van der Waals surface area contributed by atoms with E-state index in [0.717, 1.165) is 22.3 Å². The predicted octanol–water partition coefficient (Wildman–Crippen LogP) is 1.93. The molecule has 1 aromatic rings. The highest BCUT2D eigenvalue weighted by Gasteiger charge is 2.03. The number of aliphatic hydroxyl groups is 1. The molecule has 1 aromatic carbocycles. The van der Waals surface area contributed by atoms with Crippen molar-refractivity contribution >= 4 is 15.9 Å². The topological polar surface area (TPSA) is 41.5 Å². The molecule has 1 unspecified atom stereocenters. The second kappa shape index (κ2) is 6.10. The SMILES string of the molecule is COc1ccc(CNC(C)CO)cc1Br. The first-order valence-corrected chi connectivity index (χ1v) is 5.63. The van der Waals surface area contributed by atoms with Gasteiger partial charge in [-0.15, -0.1) is 0 Å². The van der Waals surface area contributed by atoms with E-state index in [1.165, 1.54) is 0 Å². The van der Waals surface area contributed by atoms with Gasteiger partial charge in [0.25, 0.3) is 0 Å². The first kappa shape index (κ1) is 12.5. The van der Waals surface area contributed by atoms with Crippen molar-refractivity contribution in [2.24, 2.45) is 0 Å². The first-order chi connectivity index (χ1) is 7.17. The summed E-state index contributed by atoms with van der Waals surface area (Å²) in [5, 5.41) is 12.1. The summed E-state index contributed by atoms with van der Waals surface area (Å²) >= 11 is 3.43. The van der Waals surface area contributed by atoms with Crippen molar-refractivity contribution in [2.75, 3.05) is 13.7 Å². The van der Waals surface area contributed by atoms with Crippen LogP contribution in [0.4, 0.5) is 0 Å². The maximum atomic E-state index is 8.86. The van der Waals surface area contributed by atoms with Gasteiger partial charge in [-0.25, -0.2) is 0 Å². The van der Waals surface area contributed by atoms with E-state index in [1.54, 1.807) is 7.11 Å². The maximum absolute atomic E-state index is 8.86. The van der Waals surface area contributed by atoms with E-state index in [2.05, 4.69) is 21.2 Å². The summed E-state index contributed by atoms with van der Waals surface area (Å²) in [5.41, 5.74) is 1.16. The van der Waals surface area contributed by atoms with Crippen molar-refractivity contribution in [2.45, 2.75) is 19.5 Å². The molecular weight excluding hydrogens is 258 g/mol. The van der Waals surface area contributed by atoms with E-state index in [0.29, 0.717) is 0 Å². The van der Waals surface area contributed by atoms with Crippen LogP contribution in [0.1, 0.15) is 12.5 Å². The Labute approximate surface area is 98.6 Å². The second-order valence-electron chi connectivity index (χ2n) is 3.43. The van der Waals surface area contributed by atoms with Crippen LogP contribution in [0.2, 0.25) is 0 Å². The fourth-order valence-electron chi connectivity index (χ4n) is 1.18. The Hall–Kier alpha value is -0.580. The van der Waals surface area contributed by atoms with Gasteiger partial charge in [0.15, 0.2) is 0 Å². The molecule has 4 heteroatoms. The smallest absolute Gasteiger partial charge is 0.133 e. The van der Waals surface area contributed by atoms with Gasteiger partial charge in [-0.3, -0.25) is 0 Å². The molecular formula is C11H16BrNO2. The third kappa shape index (κ3) is 3.81. The molecule has 0 aromatic heterocycles. The molecule has 3 nitrogen and oxygen atoms in total. The minimum atomic E-state index is 0.117. The van der Waals surface area contributed by atoms with E-state index < -0.39 is 0 Å². The van der Waals surface area contributed by atoms with Crippen LogP contribution in [-0.2, 0) is 6.54 Å². The normalized spacial score (nSPS) is 12.5. The quantitative estimate of drug-likeness (QED) is 0.862. The van der Waals surface area contributed by atoms with Crippen LogP contribution < -0.4 is 10.1 Å². The number of halogens is 1. The third-order valence-corrected chi connectivity index (χ3v) is 2.76. The van der Waals surface area contributed by atoms with Crippen LogP contribution in [-0.4, -0.2) is 24.9 Å². The summed E-state index contributed by atoms with van der Waals surface area (Å²) < 4.78 is 6.08. The Morgan fingerprint density at radius 1 is 1.53 bits per heavy atom. The monoisotopic (exact) mass is 273 g/mol. The number of ether oxygens (including phenoxy) is 1. The van der Waals surface area contributed by atoms with Crippen LogP contribution in [0.25, 0.3) is 0 Å². The fraction of sp³-hybridized carbons (Fsp3) is 0.455. The average molecular weight is 274 g/mol. The molecule has 0 aliphatic heterocycles. The number of benzene rings is 1. The van der Waals surface area contributed by atoms with Gasteiger partial charge in [-0.05, 0) is 40.5 Å². The molecule has 0 saturated carbocycles. The zero-order valence-electron chi connectivity index (χ0n) is 8.96. The van der Waals surface area contributed by atoms with Gasteiger partial charge in [0.2, 0.25) is 0 Å². The van der Waals surface area contributed by atoms with Gasteiger partial charge in [-0.1, -0.05) is 6.07 Å². The highest BCUT2D eigenvalue weighted by molar-refractivity contribution is 9.10. The van der Waals surface area contributed by atoms with Crippen LogP contribution in [0.3, 0.4) is 0 Å². The van der Waals surface area contributed by atoms with E-state index in [9.17, 15) is 0 Å². The lowest BCUT2D eigenvalue weighted by Crippen LogP contribution is -2.28. The molecule has 0 aliphatic rings. The molecule has 0 bridgehead atoms. The Morgan fingerprint density at radius 3 is 2.80 bits per heavy atom. The molecule has 0 radical (unpaired) electrons. The van der Waals surface area contributed by atoms with Crippen LogP contribution >= 0.6 is 15.9 Å². The van der Waals surface area contributed by atoms with Crippen molar-refractivity contribution in [1.82, 2.24) is 5.32 Å². The van der Waals surface area contributed by atoms with Crippen molar-refractivity contribution in [3.8, 4) is 5.75 Å². The molecule has 0 amide bonds. The van der Waals surface area contributed by atoms with Gasteiger partial charge in [-0.2, -0.15) is 0 Å². The summed E-state index contributed by atoms with van der Waals surface area (Å²) in [6.45, 7) is 2.83. The second-order valence-corrected chi connectivity index (χ2v) is 4.29. The van der Waals surface area contributed by atoms with Crippen molar-refractivity contribution < 1.29 is 9.84 Å². The number of aliphatic hydroxyl groups excluding tert-OH is 1. The summed E-state index contributed by atoms with van der Waals surface area (Å²) in [6, 6.07) is 6.05. The van der Waals surface area contributed by atoms with E-state index in [4.69, 9.17) is 9.84 Å². The molecule has 0 heterocycles. The summed E-state index contributed by atoms with van der Waals surface area (Å²) in [6.07, 6.45) is 0. The minimum absolute atomic E-state index is 0.117. The number of nitrogens with one attached hydrogen (secondary N) is 1. The predicted molar refractivity (Wildman–Crippen MR) is 64.1 cm³/mol. The summed E-state index contributed by atoms with van der Waals surface area (Å²) in [5.74, 6) is 0.828. The first-order valence-electron chi connectivity index (χ1n) is 4.84. The lowest BCUT2D eigenvalue weighted by Gasteiger charge is -2.11.